The van der Waals surface area contributed by atoms with Crippen LogP contribution in [0.2, 0.25) is 0 Å². The van der Waals surface area contributed by atoms with Crippen molar-refractivity contribution in [3.63, 3.8) is 0 Å². The van der Waals surface area contributed by atoms with E-state index < -0.39 is 6.09 Å². The highest BCUT2D eigenvalue weighted by atomic mass is 79.9. The van der Waals surface area contributed by atoms with Gasteiger partial charge >= 0.3 is 6.09 Å². The van der Waals surface area contributed by atoms with Crippen molar-refractivity contribution in [3.05, 3.63) is 35.6 Å². The van der Waals surface area contributed by atoms with Gasteiger partial charge in [0.05, 0.1) is 37.1 Å². The molecule has 1 amide bonds. The van der Waals surface area contributed by atoms with Crippen LogP contribution in [0.5, 0.6) is 0 Å². The van der Waals surface area contributed by atoms with Crippen LogP contribution < -0.4 is 22.3 Å². The van der Waals surface area contributed by atoms with E-state index in [2.05, 4.69) is 17.3 Å². The molecule has 5 nitrogen and oxygen atoms in total. The summed E-state index contributed by atoms with van der Waals surface area (Å²) in [6.07, 6.45) is 2.29. The molecule has 3 aliphatic heterocycles. The van der Waals surface area contributed by atoms with Crippen LogP contribution in [0, 0.1) is 5.82 Å². The summed E-state index contributed by atoms with van der Waals surface area (Å²) in [7, 11) is 2.27. The summed E-state index contributed by atoms with van der Waals surface area (Å²) in [5, 5.41) is 2.78. The van der Waals surface area contributed by atoms with Crippen LogP contribution in [0.3, 0.4) is 0 Å². The van der Waals surface area contributed by atoms with Gasteiger partial charge in [0.1, 0.15) is 11.4 Å². The van der Waals surface area contributed by atoms with Gasteiger partial charge in [0.15, 0.2) is 5.82 Å². The maximum atomic E-state index is 13.1. The van der Waals surface area contributed by atoms with Crippen LogP contribution in [-0.2, 0) is 4.74 Å². The van der Waals surface area contributed by atoms with E-state index in [9.17, 15) is 9.18 Å². The summed E-state index contributed by atoms with van der Waals surface area (Å²) in [6.45, 7) is 3.18. The normalized spacial score (nSPS) is 26.8. The summed E-state index contributed by atoms with van der Waals surface area (Å²) >= 11 is 1.40. The molecule has 0 radical (unpaired) electrons. The molecule has 8 heteroatoms. The standard InChI is InChI=1S/C18H20FN3O2S.BrH/c1-22-9-6-18(7-10-22,8-11-22)24-17(23)21-16-15(25-12-20-16)13-2-4-14(19)5-3-13;/h2-5,12H,6-11H2,1H3;1H. The van der Waals surface area contributed by atoms with E-state index in [1.807, 2.05) is 0 Å². The number of hydrogen-bond donors (Lipinski definition) is 1. The molecule has 0 unspecified atom stereocenters. The third-order valence-corrected chi connectivity index (χ3v) is 6.40. The first-order valence-electron chi connectivity index (χ1n) is 8.50. The van der Waals surface area contributed by atoms with Gasteiger partial charge in [-0.1, -0.05) is 12.1 Å². The topological polar surface area (TPSA) is 51.2 Å². The van der Waals surface area contributed by atoms with Crippen molar-refractivity contribution in [1.82, 2.24) is 4.98 Å². The minimum atomic E-state index is -0.452. The molecule has 1 aromatic heterocycles. The number of aromatic nitrogens is 1. The van der Waals surface area contributed by atoms with Crippen molar-refractivity contribution >= 4 is 23.2 Å². The molecular formula is C18H21BrFN3O2S. The number of quaternary nitrogens is 1. The van der Waals surface area contributed by atoms with Crippen LogP contribution in [0.1, 0.15) is 19.3 Å². The summed E-state index contributed by atoms with van der Waals surface area (Å²) in [5.74, 6) is 0.173. The molecule has 1 aromatic carbocycles. The highest BCUT2D eigenvalue weighted by Gasteiger charge is 2.49. The molecule has 3 fully saturated rings. The highest BCUT2D eigenvalue weighted by Crippen LogP contribution is 2.39. The Hall–Kier alpha value is -1.51. The van der Waals surface area contributed by atoms with Gasteiger partial charge < -0.3 is 26.2 Å². The largest absolute Gasteiger partial charge is 1.00 e. The molecule has 0 spiro atoms. The smallest absolute Gasteiger partial charge is 0.413 e. The molecule has 0 atom stereocenters. The molecule has 2 bridgehead atoms. The third-order valence-electron chi connectivity index (χ3n) is 5.53. The number of nitrogens with zero attached hydrogens (tertiary/aromatic N) is 2. The molecule has 3 saturated heterocycles. The summed E-state index contributed by atoms with van der Waals surface area (Å²) in [5.41, 5.74) is 2.16. The molecule has 4 heterocycles. The van der Waals surface area contributed by atoms with Crippen molar-refractivity contribution < 1.29 is 35.4 Å². The number of halogens is 2. The lowest BCUT2D eigenvalue weighted by molar-refractivity contribution is -0.926. The van der Waals surface area contributed by atoms with E-state index in [0.717, 1.165) is 53.8 Å². The number of amides is 1. The lowest BCUT2D eigenvalue weighted by atomic mass is 9.81. The van der Waals surface area contributed by atoms with Gasteiger partial charge in [-0.3, -0.25) is 5.32 Å². The predicted octanol–water partition coefficient (Wildman–Crippen LogP) is 0.885. The Morgan fingerprint density at radius 1 is 1.23 bits per heavy atom. The number of carbonyl (C=O) groups excluding carboxylic acids is 1. The maximum Gasteiger partial charge on any atom is 0.413 e. The zero-order valence-corrected chi connectivity index (χ0v) is 16.9. The molecule has 3 aliphatic rings. The second-order valence-electron chi connectivity index (χ2n) is 7.27. The lowest BCUT2D eigenvalue weighted by Gasteiger charge is -2.51. The number of thiazole rings is 1. The van der Waals surface area contributed by atoms with Crippen LogP contribution in [0.15, 0.2) is 29.8 Å². The predicted molar refractivity (Wildman–Crippen MR) is 95.0 cm³/mol. The first kappa shape index (κ1) is 19.3. The van der Waals surface area contributed by atoms with Gasteiger partial charge in [0.25, 0.3) is 0 Å². The molecule has 26 heavy (non-hydrogen) atoms. The van der Waals surface area contributed by atoms with Crippen LogP contribution in [0.25, 0.3) is 10.4 Å². The fourth-order valence-electron chi connectivity index (χ4n) is 3.74. The van der Waals surface area contributed by atoms with Gasteiger partial charge in [-0.25, -0.2) is 14.2 Å². The second kappa shape index (κ2) is 7.25. The first-order chi connectivity index (χ1) is 12.0. The fraction of sp³-hybridized carbons (Fsp3) is 0.444. The van der Waals surface area contributed by atoms with Crippen LogP contribution in [-0.4, -0.2) is 47.8 Å². The number of fused-ring (bicyclic) bond motifs is 3. The average Bonchev–Trinajstić information content (AvgIpc) is 3.05. The minimum Gasteiger partial charge on any atom is -1.00 e. The van der Waals surface area contributed by atoms with Gasteiger partial charge in [-0.15, -0.1) is 11.3 Å². The van der Waals surface area contributed by atoms with E-state index in [4.69, 9.17) is 4.74 Å². The SMILES string of the molecule is C[N+]12CCC(OC(=O)Nc3ncsc3-c3ccc(F)cc3)(CC1)CC2.[Br-]. The first-order valence-corrected chi connectivity index (χ1v) is 9.38. The quantitative estimate of drug-likeness (QED) is 0.719. The summed E-state index contributed by atoms with van der Waals surface area (Å²) < 4.78 is 20.0. The zero-order chi connectivity index (χ0) is 17.5. The second-order valence-corrected chi connectivity index (χ2v) is 8.13. The number of nitrogens with one attached hydrogen (secondary N) is 1. The number of carbonyl (C=O) groups is 1. The van der Waals surface area contributed by atoms with Gasteiger partial charge in [0.2, 0.25) is 0 Å². The van der Waals surface area contributed by atoms with E-state index >= 15 is 0 Å². The monoisotopic (exact) mass is 441 g/mol. The average molecular weight is 442 g/mol. The van der Waals surface area contributed by atoms with Gasteiger partial charge in [0, 0.05) is 19.3 Å². The van der Waals surface area contributed by atoms with Gasteiger partial charge in [-0.2, -0.15) is 0 Å². The van der Waals surface area contributed by atoms with Crippen LogP contribution >= 0.6 is 11.3 Å². The lowest BCUT2D eigenvalue weighted by Crippen LogP contribution is -3.00. The summed E-state index contributed by atoms with van der Waals surface area (Å²) in [6, 6.07) is 6.16. The molecule has 140 valence electrons. The Bertz CT molecular complexity index is 771. The Labute approximate surface area is 166 Å². The molecule has 5 rings (SSSR count). The molecule has 0 aliphatic carbocycles. The van der Waals surface area contributed by atoms with E-state index in [1.54, 1.807) is 17.6 Å². The molecule has 0 saturated carbocycles. The number of anilines is 1. The molecule has 1 N–H and O–H groups in total. The maximum absolute atomic E-state index is 13.1. The zero-order valence-electron chi connectivity index (χ0n) is 14.5. The van der Waals surface area contributed by atoms with Crippen molar-refractivity contribution in [1.29, 1.82) is 0 Å². The number of piperidine rings is 3. The Kier molecular flexibility index (Phi) is 5.37. The number of rotatable bonds is 3. The Morgan fingerprint density at radius 3 is 2.46 bits per heavy atom. The Balaban J connectivity index is 0.00000196. The van der Waals surface area contributed by atoms with Gasteiger partial charge in [-0.05, 0) is 17.7 Å². The van der Waals surface area contributed by atoms with E-state index in [-0.39, 0.29) is 28.4 Å². The Morgan fingerprint density at radius 2 is 1.85 bits per heavy atom. The van der Waals surface area contributed by atoms with Crippen molar-refractivity contribution in [2.75, 3.05) is 32.0 Å². The molecular weight excluding hydrogens is 421 g/mol. The fourth-order valence-corrected chi connectivity index (χ4v) is 4.50. The van der Waals surface area contributed by atoms with Crippen molar-refractivity contribution in [3.8, 4) is 10.4 Å². The van der Waals surface area contributed by atoms with Crippen molar-refractivity contribution in [2.24, 2.45) is 0 Å². The van der Waals surface area contributed by atoms with Crippen LogP contribution in [0.4, 0.5) is 15.0 Å². The number of benzene rings is 1. The minimum absolute atomic E-state index is 0. The highest BCUT2D eigenvalue weighted by molar-refractivity contribution is 7.13. The van der Waals surface area contributed by atoms with E-state index in [1.165, 1.54) is 23.5 Å². The van der Waals surface area contributed by atoms with Crippen molar-refractivity contribution in [2.45, 2.75) is 24.9 Å². The summed E-state index contributed by atoms with van der Waals surface area (Å²) in [4.78, 5) is 17.5. The number of hydrogen-bond acceptors (Lipinski definition) is 4. The third kappa shape index (κ3) is 3.77. The number of ether oxygens (including phenoxy) is 1. The molecule has 2 aromatic rings. The van der Waals surface area contributed by atoms with E-state index in [0.29, 0.717) is 5.82 Å².